The van der Waals surface area contributed by atoms with E-state index in [0.717, 1.165) is 44.0 Å². The summed E-state index contributed by atoms with van der Waals surface area (Å²) in [6, 6.07) is 41.7. The lowest BCUT2D eigenvalue weighted by atomic mass is 9.97. The van der Waals surface area contributed by atoms with Crippen LogP contribution in [-0.4, -0.2) is 49.5 Å². The Morgan fingerprint density at radius 2 is 1.17 bits per heavy atom. The number of hydrogen-bond donors (Lipinski definition) is 0. The van der Waals surface area contributed by atoms with Crippen molar-refractivity contribution in [2.24, 2.45) is 0 Å². The molecule has 1 fully saturated rings. The van der Waals surface area contributed by atoms with Crippen molar-refractivity contribution in [1.29, 1.82) is 0 Å². The second-order valence-corrected chi connectivity index (χ2v) is 14.2. The Bertz CT molecular complexity index is 1830. The smallest absolute Gasteiger partial charge is 0.339 e. The van der Waals surface area contributed by atoms with Gasteiger partial charge >= 0.3 is 5.97 Å². The van der Waals surface area contributed by atoms with Gasteiger partial charge in [0.25, 0.3) is 0 Å². The first-order valence-corrected chi connectivity index (χ1v) is 18.4. The molecule has 270 valence electrons. The summed E-state index contributed by atoms with van der Waals surface area (Å²) in [6.07, 6.45) is -2.77. The molecular weight excluding hydrogens is 673 g/mol. The van der Waals surface area contributed by atoms with Crippen molar-refractivity contribution >= 4 is 17.7 Å². The highest BCUT2D eigenvalue weighted by Crippen LogP contribution is 2.39. The number of aryl methyl sites for hydroxylation is 3. The normalized spacial score (nSPS) is 20.0. The number of methoxy groups -OCH3 is 1. The number of thioether (sulfide) groups is 1. The summed E-state index contributed by atoms with van der Waals surface area (Å²) in [7, 11) is 1.64. The van der Waals surface area contributed by atoms with E-state index in [1.54, 1.807) is 7.11 Å². The lowest BCUT2D eigenvalue weighted by molar-refractivity contribution is -0.242. The maximum atomic E-state index is 14.2. The van der Waals surface area contributed by atoms with Gasteiger partial charge in [0.15, 0.2) is 6.10 Å². The SMILES string of the molecule is COc1ccc(S[C@H]2OC(COCc3ccccc3)[C@@H](OCc3ccccc3)C(OCc3ccccc3)C2OC(=O)c2c(C)cc(C)cc2C)cc1. The number of hydrogen-bond acceptors (Lipinski definition) is 8. The quantitative estimate of drug-likeness (QED) is 0.0994. The molecule has 0 bridgehead atoms. The fourth-order valence-electron chi connectivity index (χ4n) is 6.50. The maximum Gasteiger partial charge on any atom is 0.339 e. The Labute approximate surface area is 311 Å². The van der Waals surface area contributed by atoms with Gasteiger partial charge < -0.3 is 28.4 Å². The summed E-state index contributed by atoms with van der Waals surface area (Å²) < 4.78 is 38.8. The van der Waals surface area contributed by atoms with E-state index in [0.29, 0.717) is 18.8 Å². The van der Waals surface area contributed by atoms with Crippen LogP contribution in [0.1, 0.15) is 43.7 Å². The molecule has 0 N–H and O–H groups in total. The Morgan fingerprint density at radius 1 is 0.654 bits per heavy atom. The van der Waals surface area contributed by atoms with E-state index in [4.69, 9.17) is 28.4 Å². The monoisotopic (exact) mass is 718 g/mol. The summed E-state index contributed by atoms with van der Waals surface area (Å²) in [6.45, 7) is 7.12. The fourth-order valence-corrected chi connectivity index (χ4v) is 7.60. The average molecular weight is 719 g/mol. The van der Waals surface area contributed by atoms with Crippen LogP contribution in [-0.2, 0) is 43.5 Å². The van der Waals surface area contributed by atoms with Gasteiger partial charge in [-0.1, -0.05) is 120 Å². The molecule has 0 aliphatic carbocycles. The molecule has 1 heterocycles. The highest BCUT2D eigenvalue weighted by atomic mass is 32.2. The maximum absolute atomic E-state index is 14.2. The molecule has 5 aromatic rings. The fraction of sp³-hybridized carbons (Fsp3) is 0.295. The van der Waals surface area contributed by atoms with Crippen LogP contribution >= 0.6 is 11.8 Å². The van der Waals surface area contributed by atoms with Crippen molar-refractivity contribution in [3.05, 3.63) is 166 Å². The Morgan fingerprint density at radius 3 is 1.71 bits per heavy atom. The topological polar surface area (TPSA) is 72.5 Å². The van der Waals surface area contributed by atoms with Gasteiger partial charge in [-0.15, -0.1) is 0 Å². The van der Waals surface area contributed by atoms with E-state index >= 15 is 0 Å². The molecule has 5 aromatic carbocycles. The van der Waals surface area contributed by atoms with E-state index in [1.807, 2.05) is 148 Å². The van der Waals surface area contributed by atoms with Crippen LogP contribution in [0.3, 0.4) is 0 Å². The highest BCUT2D eigenvalue weighted by molar-refractivity contribution is 7.99. The standard InChI is InChI=1S/C44H46O7S/c1-30-24-31(2)39(32(3)25-30)43(45)51-42-41(49-28-35-18-12-7-13-19-35)40(48-27-34-16-10-6-11-17-34)38(29-47-26-33-14-8-5-9-15-33)50-44(42)52-37-22-20-36(46-4)21-23-37/h5-25,38,40-42,44H,26-29H2,1-4H3/t38?,40-,41?,42?,44-/m1/s1. The van der Waals surface area contributed by atoms with Crippen LogP contribution in [0.25, 0.3) is 0 Å². The molecule has 0 saturated carbocycles. The number of esters is 1. The molecule has 1 aliphatic rings. The van der Waals surface area contributed by atoms with E-state index in [9.17, 15) is 4.79 Å². The van der Waals surface area contributed by atoms with Crippen molar-refractivity contribution in [2.45, 2.75) is 75.3 Å². The first-order chi connectivity index (χ1) is 25.4. The van der Waals surface area contributed by atoms with Crippen molar-refractivity contribution in [2.75, 3.05) is 13.7 Å². The Kier molecular flexibility index (Phi) is 13.2. The zero-order chi connectivity index (χ0) is 36.3. The van der Waals surface area contributed by atoms with Crippen LogP contribution in [0.5, 0.6) is 5.75 Å². The summed E-state index contributed by atoms with van der Waals surface area (Å²) in [5.74, 6) is 0.311. The number of rotatable bonds is 15. The molecule has 1 aliphatic heterocycles. The van der Waals surface area contributed by atoms with Crippen LogP contribution in [0.15, 0.2) is 132 Å². The molecule has 0 radical (unpaired) electrons. The first-order valence-electron chi connectivity index (χ1n) is 17.6. The number of benzene rings is 5. The third-order valence-electron chi connectivity index (χ3n) is 8.99. The number of carbonyl (C=O) groups excluding carboxylic acids is 1. The zero-order valence-electron chi connectivity index (χ0n) is 30.1. The predicted molar refractivity (Wildman–Crippen MR) is 204 cm³/mol. The van der Waals surface area contributed by atoms with Gasteiger partial charge in [0.2, 0.25) is 0 Å². The number of carbonyl (C=O) groups is 1. The molecule has 5 atom stereocenters. The molecule has 0 aromatic heterocycles. The van der Waals surface area contributed by atoms with Crippen molar-refractivity contribution < 1.29 is 33.2 Å². The minimum atomic E-state index is -0.852. The second kappa shape index (κ2) is 18.4. The van der Waals surface area contributed by atoms with Gasteiger partial charge in [-0.05, 0) is 72.9 Å². The minimum absolute atomic E-state index is 0.232. The summed E-state index contributed by atoms with van der Waals surface area (Å²) in [4.78, 5) is 15.2. The first kappa shape index (κ1) is 37.3. The molecule has 0 amide bonds. The van der Waals surface area contributed by atoms with E-state index < -0.39 is 35.8 Å². The minimum Gasteiger partial charge on any atom is -0.497 e. The second-order valence-electron chi connectivity index (χ2n) is 13.0. The van der Waals surface area contributed by atoms with Crippen LogP contribution < -0.4 is 4.74 Å². The van der Waals surface area contributed by atoms with Crippen LogP contribution in [0.4, 0.5) is 0 Å². The Balaban J connectivity index is 1.38. The lowest BCUT2D eigenvalue weighted by Gasteiger charge is -2.45. The molecule has 6 rings (SSSR count). The lowest BCUT2D eigenvalue weighted by Crippen LogP contribution is -2.60. The van der Waals surface area contributed by atoms with E-state index in [2.05, 4.69) is 0 Å². The third kappa shape index (κ3) is 9.91. The molecule has 0 spiro atoms. The molecule has 7 nitrogen and oxygen atoms in total. The van der Waals surface area contributed by atoms with Gasteiger partial charge in [0.05, 0.1) is 39.1 Å². The third-order valence-corrected chi connectivity index (χ3v) is 10.1. The van der Waals surface area contributed by atoms with Gasteiger partial charge in [-0.2, -0.15) is 0 Å². The van der Waals surface area contributed by atoms with Crippen LogP contribution in [0.2, 0.25) is 0 Å². The summed E-state index contributed by atoms with van der Waals surface area (Å²) >= 11 is 1.47. The van der Waals surface area contributed by atoms with Crippen LogP contribution in [0, 0.1) is 20.8 Å². The highest BCUT2D eigenvalue weighted by Gasteiger charge is 2.50. The molecule has 1 saturated heterocycles. The number of ether oxygens (including phenoxy) is 6. The summed E-state index contributed by atoms with van der Waals surface area (Å²) in [5, 5.41) is 0. The largest absolute Gasteiger partial charge is 0.497 e. The van der Waals surface area contributed by atoms with Gasteiger partial charge in [-0.3, -0.25) is 0 Å². The van der Waals surface area contributed by atoms with Crippen molar-refractivity contribution in [3.8, 4) is 5.75 Å². The summed E-state index contributed by atoms with van der Waals surface area (Å²) in [5.41, 5.74) is 5.70. The van der Waals surface area contributed by atoms with Gasteiger partial charge in [0.1, 0.15) is 29.5 Å². The van der Waals surface area contributed by atoms with E-state index in [1.165, 1.54) is 11.8 Å². The van der Waals surface area contributed by atoms with Crippen molar-refractivity contribution in [3.63, 3.8) is 0 Å². The zero-order valence-corrected chi connectivity index (χ0v) is 30.9. The Hall–Kier alpha value is -4.44. The van der Waals surface area contributed by atoms with Gasteiger partial charge in [0, 0.05) is 4.90 Å². The van der Waals surface area contributed by atoms with Crippen molar-refractivity contribution in [1.82, 2.24) is 0 Å². The van der Waals surface area contributed by atoms with E-state index in [-0.39, 0.29) is 13.2 Å². The molecule has 52 heavy (non-hydrogen) atoms. The molecule has 8 heteroatoms. The molecule has 3 unspecified atom stereocenters. The average Bonchev–Trinajstić information content (AvgIpc) is 3.15. The predicted octanol–water partition coefficient (Wildman–Crippen LogP) is 9.05. The molecular formula is C44H46O7S. The van der Waals surface area contributed by atoms with Gasteiger partial charge in [-0.25, -0.2) is 4.79 Å².